The van der Waals surface area contributed by atoms with Crippen LogP contribution in [0.1, 0.15) is 75.0 Å². The van der Waals surface area contributed by atoms with Crippen LogP contribution in [0.15, 0.2) is 60.7 Å². The molecule has 3 aromatic rings. The van der Waals surface area contributed by atoms with E-state index in [1.165, 1.54) is 6.07 Å². The molecule has 8 nitrogen and oxygen atoms in total. The standard InChI is InChI=1S/C38H47FN2O6/c1-5-10-28(11-6-2)41(29-17-18-31(39)25(3)20-29)36(42)23-40-22-30(27-16-19-34-35(21-27)47-24-46-34)37(38(43)44)32(40)14-9-13-26-12-7-8-15-33(26)45-4/h7-8,12,15-21,28,30,32,37H,5-6,9-11,13-14,22-24H2,1-4H3,(H,43,44)/t30-,32+,37-/m1/s1. The highest BCUT2D eigenvalue weighted by molar-refractivity contribution is 5.95. The minimum absolute atomic E-state index is 0.0473. The Labute approximate surface area is 277 Å². The zero-order valence-electron chi connectivity index (χ0n) is 27.9. The Morgan fingerprint density at radius 3 is 2.49 bits per heavy atom. The van der Waals surface area contributed by atoms with E-state index in [4.69, 9.17) is 14.2 Å². The van der Waals surface area contributed by atoms with Crippen LogP contribution in [0, 0.1) is 18.7 Å². The van der Waals surface area contributed by atoms with E-state index in [0.29, 0.717) is 35.7 Å². The van der Waals surface area contributed by atoms with Crippen molar-refractivity contribution in [2.24, 2.45) is 5.92 Å². The van der Waals surface area contributed by atoms with Gasteiger partial charge in [0.15, 0.2) is 11.5 Å². The lowest BCUT2D eigenvalue weighted by molar-refractivity contribution is -0.143. The number of halogens is 1. The number of fused-ring (bicyclic) bond motifs is 1. The number of ether oxygens (including phenoxy) is 3. The number of rotatable bonds is 15. The first-order valence-electron chi connectivity index (χ1n) is 16.8. The van der Waals surface area contributed by atoms with Gasteiger partial charge in [0.1, 0.15) is 11.6 Å². The van der Waals surface area contributed by atoms with Crippen LogP contribution in [0.5, 0.6) is 17.2 Å². The molecule has 0 unspecified atom stereocenters. The second-order valence-corrected chi connectivity index (χ2v) is 12.7. The molecule has 0 radical (unpaired) electrons. The number of methoxy groups -OCH3 is 1. The molecule has 0 aromatic heterocycles. The molecule has 9 heteroatoms. The predicted molar refractivity (Wildman–Crippen MR) is 180 cm³/mol. The first-order chi connectivity index (χ1) is 22.7. The average Bonchev–Trinajstić information content (AvgIpc) is 3.67. The van der Waals surface area contributed by atoms with Crippen molar-refractivity contribution in [3.05, 3.63) is 83.2 Å². The van der Waals surface area contributed by atoms with Crippen molar-refractivity contribution >= 4 is 17.6 Å². The summed E-state index contributed by atoms with van der Waals surface area (Å²) in [5, 5.41) is 10.7. The van der Waals surface area contributed by atoms with E-state index in [1.54, 1.807) is 26.2 Å². The molecule has 0 bridgehead atoms. The van der Waals surface area contributed by atoms with Crippen LogP contribution in [-0.2, 0) is 16.0 Å². The van der Waals surface area contributed by atoms with E-state index in [0.717, 1.165) is 55.4 Å². The molecule has 1 fully saturated rings. The summed E-state index contributed by atoms with van der Waals surface area (Å²) in [6.07, 6.45) is 5.47. The summed E-state index contributed by atoms with van der Waals surface area (Å²) in [6, 6.07) is 17.9. The number of aliphatic carboxylic acids is 1. The Morgan fingerprint density at radius 1 is 1.04 bits per heavy atom. The SMILES string of the molecule is CCCC(CCC)N(C(=O)CN1C[C@H](c2ccc3c(c2)OCO3)[C@@H](C(=O)O)[C@@H]1CCCc1ccccc1OC)c1ccc(F)c(C)c1. The van der Waals surface area contributed by atoms with Crippen LogP contribution >= 0.6 is 0 Å². The Bertz CT molecular complexity index is 1540. The number of hydrogen-bond donors (Lipinski definition) is 1. The molecule has 252 valence electrons. The number of aryl methyl sites for hydroxylation is 2. The summed E-state index contributed by atoms with van der Waals surface area (Å²) in [6.45, 7) is 6.52. The molecule has 1 N–H and O–H groups in total. The molecule has 5 rings (SSSR count). The number of para-hydroxylation sites is 1. The highest BCUT2D eigenvalue weighted by Gasteiger charge is 2.47. The second-order valence-electron chi connectivity index (χ2n) is 12.7. The molecular formula is C38H47FN2O6. The van der Waals surface area contributed by atoms with Crippen molar-refractivity contribution in [3.8, 4) is 17.2 Å². The Morgan fingerprint density at radius 2 is 1.79 bits per heavy atom. The highest BCUT2D eigenvalue weighted by atomic mass is 19.1. The summed E-state index contributed by atoms with van der Waals surface area (Å²) in [5.74, 6) is -0.329. The number of amides is 1. The molecule has 0 spiro atoms. The Balaban J connectivity index is 1.47. The fourth-order valence-corrected chi connectivity index (χ4v) is 7.40. The number of carbonyl (C=O) groups excluding carboxylic acids is 1. The maximum Gasteiger partial charge on any atom is 0.308 e. The van der Waals surface area contributed by atoms with Crippen molar-refractivity contribution < 1.29 is 33.3 Å². The predicted octanol–water partition coefficient (Wildman–Crippen LogP) is 7.36. The molecule has 0 aliphatic carbocycles. The van der Waals surface area contributed by atoms with Crippen molar-refractivity contribution in [2.75, 3.05) is 31.9 Å². The minimum Gasteiger partial charge on any atom is -0.496 e. The molecule has 2 heterocycles. The van der Waals surface area contributed by atoms with Crippen LogP contribution in [-0.4, -0.2) is 61.0 Å². The number of carboxylic acids is 1. The van der Waals surface area contributed by atoms with Gasteiger partial charge in [-0.25, -0.2) is 4.39 Å². The van der Waals surface area contributed by atoms with Gasteiger partial charge < -0.3 is 24.2 Å². The monoisotopic (exact) mass is 646 g/mol. The molecule has 1 saturated heterocycles. The van der Waals surface area contributed by atoms with Gasteiger partial charge in [0, 0.05) is 30.2 Å². The fourth-order valence-electron chi connectivity index (χ4n) is 7.40. The maximum absolute atomic E-state index is 14.5. The van der Waals surface area contributed by atoms with Crippen LogP contribution < -0.4 is 19.1 Å². The molecule has 47 heavy (non-hydrogen) atoms. The van der Waals surface area contributed by atoms with Gasteiger partial charge in [0.2, 0.25) is 12.7 Å². The van der Waals surface area contributed by atoms with E-state index in [-0.39, 0.29) is 43.1 Å². The van der Waals surface area contributed by atoms with Gasteiger partial charge >= 0.3 is 5.97 Å². The molecule has 1 amide bonds. The second kappa shape index (κ2) is 15.7. The van der Waals surface area contributed by atoms with Crippen molar-refractivity contribution in [1.82, 2.24) is 4.90 Å². The zero-order valence-corrected chi connectivity index (χ0v) is 27.9. The normalized spacial score (nSPS) is 18.9. The topological polar surface area (TPSA) is 88.5 Å². The van der Waals surface area contributed by atoms with E-state index in [1.807, 2.05) is 47.4 Å². The van der Waals surface area contributed by atoms with E-state index < -0.39 is 11.9 Å². The molecular weight excluding hydrogens is 599 g/mol. The Hall–Kier alpha value is -4.11. The summed E-state index contributed by atoms with van der Waals surface area (Å²) >= 11 is 0. The van der Waals surface area contributed by atoms with Crippen LogP contribution in [0.25, 0.3) is 0 Å². The fraction of sp³-hybridized carbons (Fsp3) is 0.474. The van der Waals surface area contributed by atoms with Crippen LogP contribution in [0.3, 0.4) is 0 Å². The summed E-state index contributed by atoms with van der Waals surface area (Å²) < 4.78 is 31.0. The summed E-state index contributed by atoms with van der Waals surface area (Å²) in [4.78, 5) is 31.4. The number of anilines is 1. The van der Waals surface area contributed by atoms with Crippen LogP contribution in [0.2, 0.25) is 0 Å². The Kier molecular flexibility index (Phi) is 11.4. The number of carboxylic acid groups (broad SMARTS) is 1. The average molecular weight is 647 g/mol. The molecule has 3 aromatic carbocycles. The van der Waals surface area contributed by atoms with Crippen molar-refractivity contribution in [1.29, 1.82) is 0 Å². The third-order valence-electron chi connectivity index (χ3n) is 9.63. The van der Waals surface area contributed by atoms with E-state index in [2.05, 4.69) is 18.7 Å². The van der Waals surface area contributed by atoms with Gasteiger partial charge in [0.05, 0.1) is 19.6 Å². The van der Waals surface area contributed by atoms with Gasteiger partial charge in [-0.05, 0) is 92.1 Å². The molecule has 3 atom stereocenters. The number of hydrogen-bond acceptors (Lipinski definition) is 6. The van der Waals surface area contributed by atoms with Gasteiger partial charge in [-0.1, -0.05) is 51.0 Å². The number of nitrogens with zero attached hydrogens (tertiary/aromatic N) is 2. The molecule has 2 aliphatic rings. The molecule has 2 aliphatic heterocycles. The molecule has 0 saturated carbocycles. The van der Waals surface area contributed by atoms with Gasteiger partial charge in [-0.2, -0.15) is 0 Å². The lowest BCUT2D eigenvalue weighted by atomic mass is 9.83. The van der Waals surface area contributed by atoms with Crippen molar-refractivity contribution in [2.45, 2.75) is 83.7 Å². The van der Waals surface area contributed by atoms with Crippen LogP contribution in [0.4, 0.5) is 10.1 Å². The van der Waals surface area contributed by atoms with E-state index in [9.17, 15) is 19.1 Å². The third-order valence-corrected chi connectivity index (χ3v) is 9.63. The lowest BCUT2D eigenvalue weighted by Crippen LogP contribution is -2.48. The minimum atomic E-state index is -0.884. The van der Waals surface area contributed by atoms with Gasteiger partial charge in [-0.3, -0.25) is 14.5 Å². The summed E-state index contributed by atoms with van der Waals surface area (Å²) in [5.41, 5.74) is 3.08. The number of carbonyl (C=O) groups is 2. The first kappa shape index (κ1) is 34.2. The smallest absolute Gasteiger partial charge is 0.308 e. The summed E-state index contributed by atoms with van der Waals surface area (Å²) in [7, 11) is 1.65. The first-order valence-corrected chi connectivity index (χ1v) is 16.8. The van der Waals surface area contributed by atoms with Crippen molar-refractivity contribution in [3.63, 3.8) is 0 Å². The zero-order chi connectivity index (χ0) is 33.5. The van der Waals surface area contributed by atoms with Gasteiger partial charge in [0.25, 0.3) is 0 Å². The number of benzene rings is 3. The van der Waals surface area contributed by atoms with Gasteiger partial charge in [-0.15, -0.1) is 0 Å². The largest absolute Gasteiger partial charge is 0.496 e. The quantitative estimate of drug-likeness (QED) is 0.185. The third kappa shape index (κ3) is 7.73. The lowest BCUT2D eigenvalue weighted by Gasteiger charge is -2.35. The van der Waals surface area contributed by atoms with E-state index >= 15 is 0 Å². The maximum atomic E-state index is 14.5. The number of likely N-dealkylation sites (tertiary alicyclic amines) is 1. The highest BCUT2D eigenvalue weighted by Crippen LogP contribution is 2.43.